The van der Waals surface area contributed by atoms with Gasteiger partial charge in [-0.2, -0.15) is 0 Å². The Bertz CT molecular complexity index is 474. The van der Waals surface area contributed by atoms with E-state index in [4.69, 9.17) is 10.9 Å². The molecule has 1 aromatic carbocycles. The maximum Gasteiger partial charge on any atom is 0.173 e. The van der Waals surface area contributed by atoms with E-state index in [9.17, 15) is 4.39 Å². The van der Waals surface area contributed by atoms with Crippen molar-refractivity contribution in [1.29, 1.82) is 0 Å². The Morgan fingerprint density at radius 3 is 2.60 bits per heavy atom. The van der Waals surface area contributed by atoms with Crippen LogP contribution in [0.5, 0.6) is 0 Å². The number of rotatable bonds is 6. The average molecular weight is 281 g/mol. The smallest absolute Gasteiger partial charge is 0.173 e. The predicted octanol–water partition coefficient (Wildman–Crippen LogP) is 2.79. The fourth-order valence-corrected chi connectivity index (χ4v) is 2.24. The molecule has 1 atom stereocenters. The summed E-state index contributed by atoms with van der Waals surface area (Å²) in [6, 6.07) is 5.31. The summed E-state index contributed by atoms with van der Waals surface area (Å²) in [5, 5.41) is 11.5. The molecule has 1 rings (SSSR count). The highest BCUT2D eigenvalue weighted by molar-refractivity contribution is 5.97. The summed E-state index contributed by atoms with van der Waals surface area (Å²) >= 11 is 0. The molecule has 1 unspecified atom stereocenters. The summed E-state index contributed by atoms with van der Waals surface area (Å²) in [4.78, 5) is 2.11. The first-order valence-corrected chi connectivity index (χ1v) is 6.82. The fourth-order valence-electron chi connectivity index (χ4n) is 2.24. The van der Waals surface area contributed by atoms with Gasteiger partial charge >= 0.3 is 0 Å². The van der Waals surface area contributed by atoms with Crippen LogP contribution in [-0.4, -0.2) is 29.0 Å². The number of oxime groups is 1. The molecule has 112 valence electrons. The molecule has 0 aromatic heterocycles. The Morgan fingerprint density at radius 1 is 1.40 bits per heavy atom. The van der Waals surface area contributed by atoms with Crippen molar-refractivity contribution in [2.45, 2.75) is 39.8 Å². The van der Waals surface area contributed by atoms with Gasteiger partial charge in [0.25, 0.3) is 0 Å². The minimum atomic E-state index is -0.425. The third-order valence-corrected chi connectivity index (χ3v) is 3.45. The Balaban J connectivity index is 2.88. The Morgan fingerprint density at radius 2 is 2.05 bits per heavy atom. The second kappa shape index (κ2) is 7.24. The molecule has 0 fully saturated rings. The number of amidine groups is 1. The molecular weight excluding hydrogens is 257 g/mol. The van der Waals surface area contributed by atoms with Gasteiger partial charge in [-0.25, -0.2) is 4.39 Å². The van der Waals surface area contributed by atoms with Crippen LogP contribution < -0.4 is 5.73 Å². The van der Waals surface area contributed by atoms with E-state index in [0.717, 1.165) is 6.42 Å². The van der Waals surface area contributed by atoms with E-state index >= 15 is 0 Å². The lowest BCUT2D eigenvalue weighted by Gasteiger charge is -2.26. The van der Waals surface area contributed by atoms with Crippen molar-refractivity contribution < 1.29 is 9.60 Å². The van der Waals surface area contributed by atoms with Gasteiger partial charge in [-0.15, -0.1) is 0 Å². The number of benzene rings is 1. The summed E-state index contributed by atoms with van der Waals surface area (Å²) in [5.41, 5.74) is 6.15. The SMILES string of the molecule is CC(C)CC(C)N(C)Cc1cccc(/C(N)=N/O)c1F. The minimum absolute atomic E-state index is 0.134. The molecule has 0 saturated heterocycles. The fraction of sp³-hybridized carbons (Fsp3) is 0.533. The second-order valence-electron chi connectivity index (χ2n) is 5.66. The normalized spacial score (nSPS) is 14.1. The highest BCUT2D eigenvalue weighted by Gasteiger charge is 2.16. The number of nitrogens with two attached hydrogens (primary N) is 1. The molecule has 0 aliphatic heterocycles. The Kier molecular flexibility index (Phi) is 5.95. The Hall–Kier alpha value is -1.62. The highest BCUT2D eigenvalue weighted by atomic mass is 19.1. The molecule has 0 bridgehead atoms. The third kappa shape index (κ3) is 4.20. The first-order valence-electron chi connectivity index (χ1n) is 6.82. The van der Waals surface area contributed by atoms with Gasteiger partial charge in [0.15, 0.2) is 5.84 Å². The van der Waals surface area contributed by atoms with E-state index < -0.39 is 5.82 Å². The second-order valence-corrected chi connectivity index (χ2v) is 5.66. The average Bonchev–Trinajstić information content (AvgIpc) is 2.39. The summed E-state index contributed by atoms with van der Waals surface area (Å²) in [5.74, 6) is -0.0329. The third-order valence-electron chi connectivity index (χ3n) is 3.45. The van der Waals surface area contributed by atoms with Gasteiger partial charge in [0, 0.05) is 18.2 Å². The molecule has 20 heavy (non-hydrogen) atoms. The maximum absolute atomic E-state index is 14.3. The molecule has 0 saturated carbocycles. The van der Waals surface area contributed by atoms with E-state index in [2.05, 4.69) is 30.8 Å². The van der Waals surface area contributed by atoms with Crippen LogP contribution in [0.15, 0.2) is 23.4 Å². The van der Waals surface area contributed by atoms with Crippen LogP contribution in [0, 0.1) is 11.7 Å². The van der Waals surface area contributed by atoms with Crippen molar-refractivity contribution in [3.63, 3.8) is 0 Å². The zero-order valence-corrected chi connectivity index (χ0v) is 12.6. The van der Waals surface area contributed by atoms with Gasteiger partial charge < -0.3 is 10.9 Å². The van der Waals surface area contributed by atoms with Crippen molar-refractivity contribution in [3.05, 3.63) is 35.1 Å². The lowest BCUT2D eigenvalue weighted by Crippen LogP contribution is -2.30. The summed E-state index contributed by atoms with van der Waals surface area (Å²) in [7, 11) is 1.97. The zero-order valence-electron chi connectivity index (χ0n) is 12.6. The molecule has 4 nitrogen and oxygen atoms in total. The molecule has 0 radical (unpaired) electrons. The molecule has 0 heterocycles. The van der Waals surface area contributed by atoms with Crippen LogP contribution >= 0.6 is 0 Å². The first-order chi connectivity index (χ1) is 9.36. The van der Waals surface area contributed by atoms with Crippen LogP contribution in [0.2, 0.25) is 0 Å². The van der Waals surface area contributed by atoms with Gasteiger partial charge in [0.1, 0.15) is 5.82 Å². The van der Waals surface area contributed by atoms with Crippen LogP contribution in [0.3, 0.4) is 0 Å². The van der Waals surface area contributed by atoms with Crippen molar-refractivity contribution in [2.24, 2.45) is 16.8 Å². The molecule has 0 amide bonds. The van der Waals surface area contributed by atoms with Gasteiger partial charge in [-0.1, -0.05) is 31.1 Å². The van der Waals surface area contributed by atoms with Gasteiger partial charge in [-0.05, 0) is 32.4 Å². The molecule has 0 spiro atoms. The monoisotopic (exact) mass is 281 g/mol. The van der Waals surface area contributed by atoms with Crippen molar-refractivity contribution in [1.82, 2.24) is 4.90 Å². The number of nitrogens with zero attached hydrogens (tertiary/aromatic N) is 2. The largest absolute Gasteiger partial charge is 0.409 e. The predicted molar refractivity (Wildman–Crippen MR) is 79.3 cm³/mol. The quantitative estimate of drug-likeness (QED) is 0.365. The maximum atomic E-state index is 14.3. The summed E-state index contributed by atoms with van der Waals surface area (Å²) in [6.07, 6.45) is 1.05. The molecular formula is C15H24FN3O. The van der Waals surface area contributed by atoms with Crippen LogP contribution in [0.4, 0.5) is 4.39 Å². The van der Waals surface area contributed by atoms with E-state index in [1.165, 1.54) is 6.07 Å². The molecule has 3 N–H and O–H groups in total. The summed E-state index contributed by atoms with van der Waals surface area (Å²) in [6.45, 7) is 6.96. The number of hydrogen-bond acceptors (Lipinski definition) is 3. The number of halogens is 1. The molecule has 0 aliphatic carbocycles. The highest BCUT2D eigenvalue weighted by Crippen LogP contribution is 2.17. The van der Waals surface area contributed by atoms with Crippen LogP contribution in [-0.2, 0) is 6.54 Å². The van der Waals surface area contributed by atoms with Crippen LogP contribution in [0.25, 0.3) is 0 Å². The van der Waals surface area contributed by atoms with Gasteiger partial charge in [0.2, 0.25) is 0 Å². The van der Waals surface area contributed by atoms with Crippen molar-refractivity contribution in [2.75, 3.05) is 7.05 Å². The van der Waals surface area contributed by atoms with E-state index in [-0.39, 0.29) is 11.4 Å². The molecule has 5 heteroatoms. The minimum Gasteiger partial charge on any atom is -0.409 e. The zero-order chi connectivity index (χ0) is 15.3. The van der Waals surface area contributed by atoms with Crippen LogP contribution in [0.1, 0.15) is 38.3 Å². The van der Waals surface area contributed by atoms with E-state index in [1.54, 1.807) is 12.1 Å². The van der Waals surface area contributed by atoms with E-state index in [0.29, 0.717) is 24.1 Å². The summed E-state index contributed by atoms with van der Waals surface area (Å²) < 4.78 is 14.3. The van der Waals surface area contributed by atoms with E-state index in [1.807, 2.05) is 7.05 Å². The topological polar surface area (TPSA) is 61.8 Å². The Labute approximate surface area is 120 Å². The van der Waals surface area contributed by atoms with Crippen molar-refractivity contribution >= 4 is 5.84 Å². The first kappa shape index (κ1) is 16.4. The molecule has 0 aliphatic rings. The lowest BCUT2D eigenvalue weighted by molar-refractivity contribution is 0.218. The van der Waals surface area contributed by atoms with Crippen molar-refractivity contribution in [3.8, 4) is 0 Å². The van der Waals surface area contributed by atoms with Gasteiger partial charge in [-0.3, -0.25) is 4.90 Å². The lowest BCUT2D eigenvalue weighted by atomic mass is 10.0. The molecule has 1 aromatic rings. The standard InChI is InChI=1S/C15H24FN3O/c1-10(2)8-11(3)19(4)9-12-6-5-7-13(14(12)16)15(17)18-20/h5-7,10-11,20H,8-9H2,1-4H3,(H2,17,18). The number of hydrogen-bond donors (Lipinski definition) is 2. The van der Waals surface area contributed by atoms with Gasteiger partial charge in [0.05, 0.1) is 5.56 Å².